The van der Waals surface area contributed by atoms with Crippen molar-refractivity contribution in [2.24, 2.45) is 0 Å². The Morgan fingerprint density at radius 1 is 1.19 bits per heavy atom. The third kappa shape index (κ3) is 3.98. The quantitative estimate of drug-likeness (QED) is 0.519. The molecule has 9 nitrogen and oxygen atoms in total. The van der Waals surface area contributed by atoms with Gasteiger partial charge in [-0.2, -0.15) is 4.68 Å². The molecule has 1 amide bonds. The monoisotopic (exact) mass is 472 g/mol. The molecule has 32 heavy (non-hydrogen) atoms. The number of carbonyl (C=O) groups excluding carboxylic acids is 1. The number of benzene rings is 2. The molecule has 2 N–H and O–H groups in total. The Kier molecular flexibility index (Phi) is 6.24. The van der Waals surface area contributed by atoms with Crippen molar-refractivity contribution in [2.75, 3.05) is 31.1 Å². The number of ether oxygens (including phenoxy) is 2. The van der Waals surface area contributed by atoms with Crippen LogP contribution in [0.3, 0.4) is 0 Å². The number of fused-ring (bicyclic) bond motifs is 1. The average Bonchev–Trinajstić information content (AvgIpc) is 3.26. The van der Waals surface area contributed by atoms with E-state index in [1.165, 1.54) is 14.2 Å². The molecule has 166 valence electrons. The fraction of sp³-hybridized carbons (Fsp3) is 0.238. The third-order valence-electron chi connectivity index (χ3n) is 5.11. The van der Waals surface area contributed by atoms with Crippen molar-refractivity contribution in [3.8, 4) is 11.5 Å². The number of hydrogen-bond donors (Lipinski definition) is 2. The van der Waals surface area contributed by atoms with Crippen LogP contribution in [0, 0.1) is 0 Å². The number of nitrogens with one attached hydrogen (secondary N) is 2. The normalized spacial score (nSPS) is 15.1. The molecule has 1 atom stereocenters. The van der Waals surface area contributed by atoms with E-state index < -0.39 is 6.04 Å². The van der Waals surface area contributed by atoms with Crippen LogP contribution in [0.15, 0.2) is 52.6 Å². The molecule has 0 radical (unpaired) electrons. The van der Waals surface area contributed by atoms with Gasteiger partial charge in [0.05, 0.1) is 30.5 Å². The van der Waals surface area contributed by atoms with E-state index in [1.54, 1.807) is 28.6 Å². The highest BCUT2D eigenvalue weighted by Gasteiger charge is 2.34. The number of hydrogen-bond acceptors (Lipinski definition) is 8. The van der Waals surface area contributed by atoms with Crippen LogP contribution in [0.1, 0.15) is 18.5 Å². The zero-order valence-electron chi connectivity index (χ0n) is 17.8. The fourth-order valence-electron chi connectivity index (χ4n) is 3.55. The highest BCUT2D eigenvalue weighted by Crippen LogP contribution is 2.39. The molecule has 0 fully saturated rings. The van der Waals surface area contributed by atoms with Crippen LogP contribution in [-0.4, -0.2) is 46.6 Å². The van der Waals surface area contributed by atoms with Crippen molar-refractivity contribution in [3.63, 3.8) is 0 Å². The molecule has 0 aliphatic carbocycles. The van der Waals surface area contributed by atoms with Crippen molar-refractivity contribution in [1.29, 1.82) is 0 Å². The molecule has 1 aromatic heterocycles. The van der Waals surface area contributed by atoms with Crippen LogP contribution in [0.4, 0.5) is 11.6 Å². The lowest BCUT2D eigenvalue weighted by atomic mass is 9.95. The molecular weight excluding hydrogens is 452 g/mol. The second-order valence-electron chi connectivity index (χ2n) is 6.93. The number of anilines is 2. The number of carbonyl (C=O) groups is 1. The number of amides is 1. The van der Waals surface area contributed by atoms with E-state index in [0.29, 0.717) is 39.4 Å². The van der Waals surface area contributed by atoms with E-state index >= 15 is 0 Å². The van der Waals surface area contributed by atoms with Crippen molar-refractivity contribution in [2.45, 2.75) is 17.9 Å². The lowest BCUT2D eigenvalue weighted by molar-refractivity contribution is -0.113. The number of halogens is 1. The summed E-state index contributed by atoms with van der Waals surface area (Å²) < 4.78 is 12.3. The molecule has 3 aromatic rings. The highest BCUT2D eigenvalue weighted by molar-refractivity contribution is 7.98. The Labute approximate surface area is 194 Å². The minimum absolute atomic E-state index is 0.335. The Morgan fingerprint density at radius 2 is 1.91 bits per heavy atom. The van der Waals surface area contributed by atoms with Crippen LogP contribution in [0.5, 0.6) is 11.5 Å². The largest absolute Gasteiger partial charge is 0.495 e. The predicted molar refractivity (Wildman–Crippen MR) is 124 cm³/mol. The van der Waals surface area contributed by atoms with Gasteiger partial charge in [0, 0.05) is 22.7 Å². The van der Waals surface area contributed by atoms with Crippen molar-refractivity contribution < 1.29 is 14.3 Å². The van der Waals surface area contributed by atoms with E-state index in [2.05, 4.69) is 26.2 Å². The molecule has 2 aromatic carbocycles. The first kappa shape index (κ1) is 22.0. The van der Waals surface area contributed by atoms with Gasteiger partial charge < -0.3 is 20.1 Å². The van der Waals surface area contributed by atoms with Crippen LogP contribution in [0.25, 0.3) is 0 Å². The minimum atomic E-state index is -0.516. The average molecular weight is 473 g/mol. The number of allylic oxidation sites excluding steroid dienone is 1. The SMILES string of the molecule is COc1cc(NC(=O)C2=C(C)Nc3nnnn3[C@H]2c2ccc(SC)cc2)c(OC)cc1Cl. The van der Waals surface area contributed by atoms with Gasteiger partial charge in [-0.1, -0.05) is 28.8 Å². The number of methoxy groups -OCH3 is 2. The summed E-state index contributed by atoms with van der Waals surface area (Å²) in [6, 6.07) is 10.6. The lowest BCUT2D eigenvalue weighted by Crippen LogP contribution is -2.31. The molecule has 4 rings (SSSR count). The summed E-state index contributed by atoms with van der Waals surface area (Å²) in [7, 11) is 3.01. The molecular formula is C21H21ClN6O3S. The zero-order valence-corrected chi connectivity index (χ0v) is 19.4. The summed E-state index contributed by atoms with van der Waals surface area (Å²) in [6.07, 6.45) is 2.01. The lowest BCUT2D eigenvalue weighted by Gasteiger charge is -2.28. The summed E-state index contributed by atoms with van der Waals surface area (Å²) in [6.45, 7) is 1.82. The van der Waals surface area contributed by atoms with Crippen molar-refractivity contribution in [1.82, 2.24) is 20.2 Å². The minimum Gasteiger partial charge on any atom is -0.495 e. The Bertz CT molecular complexity index is 1190. The number of thioether (sulfide) groups is 1. The summed E-state index contributed by atoms with van der Waals surface area (Å²) in [5, 5.41) is 18.3. The first-order valence-electron chi connectivity index (χ1n) is 9.59. The molecule has 1 aliphatic rings. The smallest absolute Gasteiger partial charge is 0.255 e. The van der Waals surface area contributed by atoms with E-state index in [4.69, 9.17) is 21.1 Å². The first-order valence-corrected chi connectivity index (χ1v) is 11.2. The van der Waals surface area contributed by atoms with E-state index in [-0.39, 0.29) is 5.91 Å². The summed E-state index contributed by atoms with van der Waals surface area (Å²) >= 11 is 7.84. The molecule has 0 unspecified atom stereocenters. The van der Waals surface area contributed by atoms with E-state index in [1.807, 2.05) is 37.4 Å². The maximum absolute atomic E-state index is 13.5. The van der Waals surface area contributed by atoms with Crippen LogP contribution in [0.2, 0.25) is 5.02 Å². The van der Waals surface area contributed by atoms with Gasteiger partial charge in [0.15, 0.2) is 0 Å². The maximum Gasteiger partial charge on any atom is 0.255 e. The summed E-state index contributed by atoms with van der Waals surface area (Å²) in [5.74, 6) is 0.957. The van der Waals surface area contributed by atoms with Gasteiger partial charge in [0.25, 0.3) is 5.91 Å². The molecule has 2 heterocycles. The number of nitrogens with zero attached hydrogens (tertiary/aromatic N) is 4. The van der Waals surface area contributed by atoms with Crippen LogP contribution < -0.4 is 20.1 Å². The van der Waals surface area contributed by atoms with Crippen molar-refractivity contribution >= 4 is 40.9 Å². The second-order valence-corrected chi connectivity index (χ2v) is 8.21. The highest BCUT2D eigenvalue weighted by atomic mass is 35.5. The van der Waals surface area contributed by atoms with E-state index in [0.717, 1.165) is 10.5 Å². The molecule has 1 aliphatic heterocycles. The standard InChI is InChI=1S/C21H21ClN6O3S/c1-11-18(20(29)24-15-10-16(30-2)14(22)9-17(15)31-3)19(28-21(23-11)25-26-27-28)12-5-7-13(32-4)8-6-12/h5-10,19H,1-4H3,(H,24,29)(H,23,25,27)/t19-/m0/s1. The van der Waals surface area contributed by atoms with Crippen molar-refractivity contribution in [3.05, 3.63) is 58.3 Å². The topological polar surface area (TPSA) is 103 Å². The Hall–Kier alpha value is -3.24. The van der Waals surface area contributed by atoms with Gasteiger partial charge >= 0.3 is 0 Å². The van der Waals surface area contributed by atoms with Gasteiger partial charge in [0.1, 0.15) is 17.5 Å². The number of rotatable bonds is 6. The van der Waals surface area contributed by atoms with Gasteiger partial charge in [0.2, 0.25) is 5.95 Å². The van der Waals surface area contributed by atoms with Gasteiger partial charge in [-0.3, -0.25) is 4.79 Å². The molecule has 11 heteroatoms. The Morgan fingerprint density at radius 3 is 2.56 bits per heavy atom. The molecule has 0 saturated heterocycles. The second kappa shape index (κ2) is 9.09. The first-order chi connectivity index (χ1) is 15.5. The summed E-state index contributed by atoms with van der Waals surface area (Å²) in [4.78, 5) is 14.7. The van der Waals surface area contributed by atoms with Crippen LogP contribution >= 0.6 is 23.4 Å². The van der Waals surface area contributed by atoms with Crippen LogP contribution in [-0.2, 0) is 4.79 Å². The Balaban J connectivity index is 1.75. The third-order valence-corrected chi connectivity index (χ3v) is 6.15. The van der Waals surface area contributed by atoms with Gasteiger partial charge in [-0.05, 0) is 41.3 Å². The molecule has 0 spiro atoms. The van der Waals surface area contributed by atoms with Gasteiger partial charge in [-0.25, -0.2) is 0 Å². The molecule has 0 bridgehead atoms. The fourth-order valence-corrected chi connectivity index (χ4v) is 4.19. The van der Waals surface area contributed by atoms with Gasteiger partial charge in [-0.15, -0.1) is 11.8 Å². The zero-order chi connectivity index (χ0) is 22.8. The maximum atomic E-state index is 13.5. The number of aromatic nitrogens is 4. The van der Waals surface area contributed by atoms with E-state index in [9.17, 15) is 4.79 Å². The predicted octanol–water partition coefficient (Wildman–Crippen LogP) is 3.99. The number of tetrazole rings is 1. The summed E-state index contributed by atoms with van der Waals surface area (Å²) in [5.41, 5.74) is 2.42. The molecule has 0 saturated carbocycles.